The van der Waals surface area contributed by atoms with E-state index in [1.165, 1.54) is 11.3 Å². The molecule has 0 aliphatic heterocycles. The maximum absolute atomic E-state index is 12.4. The van der Waals surface area contributed by atoms with Gasteiger partial charge in [0, 0.05) is 5.39 Å². The highest BCUT2D eigenvalue weighted by atomic mass is 35.5. The van der Waals surface area contributed by atoms with Crippen molar-refractivity contribution in [3.63, 3.8) is 0 Å². The van der Waals surface area contributed by atoms with E-state index in [1.54, 1.807) is 6.07 Å². The van der Waals surface area contributed by atoms with Crippen LogP contribution in [0.25, 0.3) is 11.0 Å². The Morgan fingerprint density at radius 3 is 2.68 bits per heavy atom. The number of furan rings is 1. The van der Waals surface area contributed by atoms with Crippen LogP contribution in [0.15, 0.2) is 34.1 Å². The number of fused-ring (bicyclic) bond motifs is 1. The number of halogens is 1. The van der Waals surface area contributed by atoms with Crippen LogP contribution < -0.4 is 0 Å². The Bertz CT molecular complexity index is 783. The number of ketones is 1. The third-order valence-corrected chi connectivity index (χ3v) is 4.77. The van der Waals surface area contributed by atoms with E-state index in [-0.39, 0.29) is 5.78 Å². The fourth-order valence-corrected chi connectivity index (χ4v) is 3.24. The molecule has 3 aromatic rings. The molecule has 0 amide bonds. The van der Waals surface area contributed by atoms with Crippen molar-refractivity contribution in [1.29, 1.82) is 0 Å². The van der Waals surface area contributed by atoms with E-state index in [0.29, 0.717) is 15.7 Å². The Balaban J connectivity index is 2.12. The molecule has 19 heavy (non-hydrogen) atoms. The SMILES string of the molecule is Cc1csc(C(=O)c2cc3cccc(C)c3o2)c1Cl. The Hall–Kier alpha value is -1.58. The quantitative estimate of drug-likeness (QED) is 0.622. The molecule has 2 nitrogen and oxygen atoms in total. The molecule has 0 radical (unpaired) electrons. The van der Waals surface area contributed by atoms with Crippen LogP contribution in [-0.4, -0.2) is 5.78 Å². The molecular formula is C15H11ClO2S. The summed E-state index contributed by atoms with van der Waals surface area (Å²) < 4.78 is 5.68. The van der Waals surface area contributed by atoms with Crippen molar-refractivity contribution in [2.24, 2.45) is 0 Å². The van der Waals surface area contributed by atoms with E-state index < -0.39 is 0 Å². The molecule has 0 atom stereocenters. The lowest BCUT2D eigenvalue weighted by Gasteiger charge is -1.95. The molecular weight excluding hydrogens is 280 g/mol. The van der Waals surface area contributed by atoms with Crippen LogP contribution in [0.2, 0.25) is 5.02 Å². The summed E-state index contributed by atoms with van der Waals surface area (Å²) in [6.45, 7) is 3.85. The van der Waals surface area contributed by atoms with Gasteiger partial charge in [-0.1, -0.05) is 29.8 Å². The van der Waals surface area contributed by atoms with Gasteiger partial charge in [-0.15, -0.1) is 11.3 Å². The summed E-state index contributed by atoms with van der Waals surface area (Å²) in [6, 6.07) is 7.62. The van der Waals surface area contributed by atoms with Gasteiger partial charge in [-0.25, -0.2) is 0 Å². The highest BCUT2D eigenvalue weighted by molar-refractivity contribution is 7.13. The third kappa shape index (κ3) is 1.99. The van der Waals surface area contributed by atoms with Crippen molar-refractivity contribution in [3.05, 3.63) is 56.4 Å². The van der Waals surface area contributed by atoms with Gasteiger partial charge in [-0.3, -0.25) is 4.79 Å². The van der Waals surface area contributed by atoms with Gasteiger partial charge in [-0.2, -0.15) is 0 Å². The molecule has 96 valence electrons. The van der Waals surface area contributed by atoms with Gasteiger partial charge in [0.25, 0.3) is 0 Å². The Morgan fingerprint density at radius 2 is 2.05 bits per heavy atom. The van der Waals surface area contributed by atoms with Crippen LogP contribution >= 0.6 is 22.9 Å². The first-order chi connectivity index (χ1) is 9.08. The van der Waals surface area contributed by atoms with Gasteiger partial charge in [0.1, 0.15) is 5.58 Å². The van der Waals surface area contributed by atoms with Gasteiger partial charge < -0.3 is 4.42 Å². The van der Waals surface area contributed by atoms with Crippen molar-refractivity contribution >= 4 is 39.7 Å². The minimum atomic E-state index is -0.154. The van der Waals surface area contributed by atoms with Crippen molar-refractivity contribution in [3.8, 4) is 0 Å². The van der Waals surface area contributed by atoms with Crippen LogP contribution in [0.5, 0.6) is 0 Å². The lowest BCUT2D eigenvalue weighted by atomic mass is 10.1. The van der Waals surface area contributed by atoms with Gasteiger partial charge in [-0.05, 0) is 36.4 Å². The number of para-hydroxylation sites is 1. The van der Waals surface area contributed by atoms with Crippen LogP contribution in [0.3, 0.4) is 0 Å². The number of carbonyl (C=O) groups excluding carboxylic acids is 1. The fraction of sp³-hybridized carbons (Fsp3) is 0.133. The van der Waals surface area contributed by atoms with E-state index in [9.17, 15) is 4.79 Å². The Labute approximate surface area is 119 Å². The molecule has 2 aromatic heterocycles. The number of benzene rings is 1. The average molecular weight is 291 g/mol. The van der Waals surface area contributed by atoms with Crippen molar-refractivity contribution < 1.29 is 9.21 Å². The smallest absolute Gasteiger partial charge is 0.239 e. The zero-order valence-electron chi connectivity index (χ0n) is 10.5. The molecule has 4 heteroatoms. The maximum atomic E-state index is 12.4. The summed E-state index contributed by atoms with van der Waals surface area (Å²) in [4.78, 5) is 12.9. The highest BCUT2D eigenvalue weighted by Gasteiger charge is 2.20. The third-order valence-electron chi connectivity index (χ3n) is 3.07. The monoisotopic (exact) mass is 290 g/mol. The van der Waals surface area contributed by atoms with Gasteiger partial charge in [0.15, 0.2) is 5.76 Å². The first kappa shape index (κ1) is 12.5. The molecule has 0 saturated carbocycles. The zero-order chi connectivity index (χ0) is 13.6. The first-order valence-corrected chi connectivity index (χ1v) is 7.11. The van der Waals surface area contributed by atoms with Gasteiger partial charge in [0.05, 0.1) is 9.90 Å². The van der Waals surface area contributed by atoms with Crippen molar-refractivity contribution in [2.75, 3.05) is 0 Å². The molecule has 0 bridgehead atoms. The molecule has 0 fully saturated rings. The van der Waals surface area contributed by atoms with Crippen molar-refractivity contribution in [1.82, 2.24) is 0 Å². The van der Waals surface area contributed by atoms with Gasteiger partial charge in [0.2, 0.25) is 5.78 Å². The molecule has 0 N–H and O–H groups in total. The Morgan fingerprint density at radius 1 is 1.26 bits per heavy atom. The van der Waals surface area contributed by atoms with E-state index in [1.807, 2.05) is 37.4 Å². The maximum Gasteiger partial charge on any atom is 0.239 e. The predicted octanol–water partition coefficient (Wildman–Crippen LogP) is 5.00. The van der Waals surface area contributed by atoms with E-state index in [0.717, 1.165) is 22.1 Å². The van der Waals surface area contributed by atoms with Crippen LogP contribution in [0.4, 0.5) is 0 Å². The largest absolute Gasteiger partial charge is 0.452 e. The lowest BCUT2D eigenvalue weighted by molar-refractivity contribution is 0.101. The number of hydrogen-bond acceptors (Lipinski definition) is 3. The summed E-state index contributed by atoms with van der Waals surface area (Å²) in [6.07, 6.45) is 0. The summed E-state index contributed by atoms with van der Waals surface area (Å²) >= 11 is 7.48. The minimum absolute atomic E-state index is 0.154. The number of rotatable bonds is 2. The standard InChI is InChI=1S/C15H11ClO2S/c1-8-4-3-5-10-6-11(18-14(8)10)13(17)15-12(16)9(2)7-19-15/h3-7H,1-2H3. The first-order valence-electron chi connectivity index (χ1n) is 5.85. The molecule has 2 heterocycles. The molecule has 0 saturated heterocycles. The summed E-state index contributed by atoms with van der Waals surface area (Å²) in [5.41, 5.74) is 2.70. The second kappa shape index (κ2) is 4.51. The van der Waals surface area contributed by atoms with Crippen molar-refractivity contribution in [2.45, 2.75) is 13.8 Å². The number of hydrogen-bond donors (Lipinski definition) is 0. The summed E-state index contributed by atoms with van der Waals surface area (Å²) in [5, 5.41) is 3.34. The topological polar surface area (TPSA) is 30.2 Å². The Kier molecular flexibility index (Phi) is 2.96. The number of carbonyl (C=O) groups is 1. The van der Waals surface area contributed by atoms with Crippen LogP contribution in [-0.2, 0) is 0 Å². The lowest BCUT2D eigenvalue weighted by Crippen LogP contribution is -1.96. The van der Waals surface area contributed by atoms with Gasteiger partial charge >= 0.3 is 0 Å². The van der Waals surface area contributed by atoms with Crippen LogP contribution in [0.1, 0.15) is 26.6 Å². The van der Waals surface area contributed by atoms with E-state index in [4.69, 9.17) is 16.0 Å². The summed E-state index contributed by atoms with van der Waals surface area (Å²) in [7, 11) is 0. The molecule has 0 aliphatic carbocycles. The van der Waals surface area contributed by atoms with Crippen LogP contribution in [0, 0.1) is 13.8 Å². The minimum Gasteiger partial charge on any atom is -0.452 e. The average Bonchev–Trinajstić information content (AvgIpc) is 2.95. The molecule has 0 spiro atoms. The molecule has 0 aliphatic rings. The second-order valence-corrected chi connectivity index (χ2v) is 5.75. The second-order valence-electron chi connectivity index (χ2n) is 4.49. The highest BCUT2D eigenvalue weighted by Crippen LogP contribution is 2.31. The molecule has 0 unspecified atom stereocenters. The van der Waals surface area contributed by atoms with E-state index in [2.05, 4.69) is 0 Å². The molecule has 3 rings (SSSR count). The summed E-state index contributed by atoms with van der Waals surface area (Å²) in [5.74, 6) is 0.187. The number of thiophene rings is 1. The molecule has 1 aromatic carbocycles. The number of aryl methyl sites for hydroxylation is 2. The predicted molar refractivity (Wildman–Crippen MR) is 78.4 cm³/mol. The fourth-order valence-electron chi connectivity index (χ4n) is 2.02. The zero-order valence-corrected chi connectivity index (χ0v) is 12.1. The van der Waals surface area contributed by atoms with E-state index >= 15 is 0 Å². The normalized spacial score (nSPS) is 11.1.